The first-order valence-corrected chi connectivity index (χ1v) is 8.32. The molecule has 0 radical (unpaired) electrons. The summed E-state index contributed by atoms with van der Waals surface area (Å²) in [6.45, 7) is 1.57. The fourth-order valence-electron chi connectivity index (χ4n) is 2.79. The number of esters is 2. The van der Waals surface area contributed by atoms with Gasteiger partial charge in [0.05, 0.1) is 12.7 Å². The van der Waals surface area contributed by atoms with E-state index in [0.29, 0.717) is 5.56 Å². The number of phenolic OH excluding ortho intramolecular Hbond substituents is 2. The van der Waals surface area contributed by atoms with E-state index in [9.17, 15) is 35.1 Å². The Balaban J connectivity index is 2.06. The van der Waals surface area contributed by atoms with Gasteiger partial charge in [-0.15, -0.1) is 0 Å². The molecule has 0 saturated heterocycles. The number of carbonyl (C=O) groups excluding carboxylic acids is 2. The summed E-state index contributed by atoms with van der Waals surface area (Å²) in [6.07, 6.45) is -2.85. The number of aliphatic hydroxyl groups is 3. The number of carbonyl (C=O) groups is 2. The van der Waals surface area contributed by atoms with Crippen LogP contribution >= 0.6 is 0 Å². The molecule has 5 N–H and O–H groups in total. The molecule has 0 heterocycles. The number of aromatic hydroxyl groups is 2. The largest absolute Gasteiger partial charge is 0.504 e. The molecular weight excluding hydrogens is 360 g/mol. The van der Waals surface area contributed by atoms with E-state index in [1.54, 1.807) is 6.92 Å². The monoisotopic (exact) mass is 382 g/mol. The fourth-order valence-corrected chi connectivity index (χ4v) is 2.79. The third-order valence-corrected chi connectivity index (χ3v) is 4.20. The average molecular weight is 382 g/mol. The molecule has 9 nitrogen and oxygen atoms in total. The Morgan fingerprint density at radius 3 is 2.56 bits per heavy atom. The highest BCUT2D eigenvalue weighted by Gasteiger charge is 2.51. The second kappa shape index (κ2) is 8.38. The maximum absolute atomic E-state index is 12.0. The van der Waals surface area contributed by atoms with Gasteiger partial charge in [0.25, 0.3) is 0 Å². The lowest BCUT2D eigenvalue weighted by atomic mass is 9.79. The van der Waals surface area contributed by atoms with Crippen molar-refractivity contribution in [3.63, 3.8) is 0 Å². The summed E-state index contributed by atoms with van der Waals surface area (Å²) in [7, 11) is 0. The van der Waals surface area contributed by atoms with Gasteiger partial charge in [0, 0.05) is 18.9 Å². The molecule has 0 amide bonds. The number of ether oxygens (including phenoxy) is 2. The molecule has 148 valence electrons. The lowest BCUT2D eigenvalue weighted by molar-refractivity contribution is -0.199. The second-order valence-electron chi connectivity index (χ2n) is 6.28. The number of hydrogen-bond acceptors (Lipinski definition) is 9. The van der Waals surface area contributed by atoms with Crippen LogP contribution in [0, 0.1) is 0 Å². The summed E-state index contributed by atoms with van der Waals surface area (Å²) >= 11 is 0. The number of benzene rings is 1. The van der Waals surface area contributed by atoms with Crippen LogP contribution in [0.15, 0.2) is 24.3 Å². The highest BCUT2D eigenvalue weighted by Crippen LogP contribution is 2.32. The molecule has 1 fully saturated rings. The van der Waals surface area contributed by atoms with E-state index < -0.39 is 48.7 Å². The Kier molecular flexibility index (Phi) is 6.42. The molecule has 1 saturated carbocycles. The molecule has 1 aromatic rings. The third kappa shape index (κ3) is 4.97. The van der Waals surface area contributed by atoms with Crippen LogP contribution in [0.4, 0.5) is 0 Å². The molecule has 4 atom stereocenters. The van der Waals surface area contributed by atoms with Gasteiger partial charge in [-0.05, 0) is 30.7 Å². The zero-order chi connectivity index (χ0) is 20.2. The minimum atomic E-state index is -2.08. The molecule has 0 spiro atoms. The van der Waals surface area contributed by atoms with E-state index in [1.165, 1.54) is 24.3 Å². The lowest BCUT2D eigenvalue weighted by Gasteiger charge is -2.39. The third-order valence-electron chi connectivity index (χ3n) is 4.20. The lowest BCUT2D eigenvalue weighted by Crippen LogP contribution is -2.57. The highest BCUT2D eigenvalue weighted by atomic mass is 16.6. The van der Waals surface area contributed by atoms with Crippen LogP contribution in [0.2, 0.25) is 0 Å². The molecule has 1 aliphatic carbocycles. The van der Waals surface area contributed by atoms with Crippen molar-refractivity contribution in [2.45, 2.75) is 43.7 Å². The number of aliphatic hydroxyl groups excluding tert-OH is 2. The molecule has 4 unspecified atom stereocenters. The molecule has 0 aromatic heterocycles. The SMILES string of the molecule is CCOC(=O)C1(O)CC(O)C(O)C(OC(=O)/C=C/c2ccc(O)c(O)c2)C1. The predicted molar refractivity (Wildman–Crippen MR) is 91.5 cm³/mol. The first-order valence-electron chi connectivity index (χ1n) is 8.32. The van der Waals surface area contributed by atoms with Crippen molar-refractivity contribution >= 4 is 18.0 Å². The van der Waals surface area contributed by atoms with Gasteiger partial charge in [0.15, 0.2) is 17.1 Å². The minimum Gasteiger partial charge on any atom is -0.504 e. The molecule has 9 heteroatoms. The first kappa shape index (κ1) is 20.7. The maximum atomic E-state index is 12.0. The van der Waals surface area contributed by atoms with Crippen molar-refractivity contribution in [2.24, 2.45) is 0 Å². The van der Waals surface area contributed by atoms with Crippen molar-refractivity contribution in [1.29, 1.82) is 0 Å². The van der Waals surface area contributed by atoms with Crippen molar-refractivity contribution < 1.29 is 44.6 Å². The van der Waals surface area contributed by atoms with Crippen LogP contribution in [0.25, 0.3) is 6.08 Å². The molecule has 0 aliphatic heterocycles. The topological polar surface area (TPSA) is 154 Å². The molecule has 0 bridgehead atoms. The number of phenols is 2. The second-order valence-corrected chi connectivity index (χ2v) is 6.28. The summed E-state index contributed by atoms with van der Waals surface area (Å²) in [5, 5.41) is 49.0. The standard InChI is InChI=1S/C18H22O9/c1-2-26-17(24)18(25)8-13(21)16(23)14(9-18)27-15(22)6-4-10-3-5-11(19)12(20)7-10/h3-7,13-14,16,19-21,23,25H,2,8-9H2,1H3/b6-4+. The summed E-state index contributed by atoms with van der Waals surface area (Å²) in [6, 6.07) is 3.90. The summed E-state index contributed by atoms with van der Waals surface area (Å²) < 4.78 is 9.83. The molecule has 1 aromatic carbocycles. The predicted octanol–water partition coefficient (Wildman–Crippen LogP) is -0.167. The van der Waals surface area contributed by atoms with Crippen molar-refractivity contribution in [1.82, 2.24) is 0 Å². The minimum absolute atomic E-state index is 0.0203. The zero-order valence-electron chi connectivity index (χ0n) is 14.6. The van der Waals surface area contributed by atoms with Crippen molar-refractivity contribution in [3.8, 4) is 11.5 Å². The van der Waals surface area contributed by atoms with Crippen LogP contribution in [-0.4, -0.2) is 68.0 Å². The molecular formula is C18H22O9. The van der Waals surface area contributed by atoms with E-state index in [1.807, 2.05) is 0 Å². The number of rotatable bonds is 5. The Labute approximate surface area is 155 Å². The van der Waals surface area contributed by atoms with E-state index in [4.69, 9.17) is 9.47 Å². The van der Waals surface area contributed by atoms with Crippen LogP contribution < -0.4 is 0 Å². The van der Waals surface area contributed by atoms with Gasteiger partial charge in [-0.3, -0.25) is 0 Å². The fraction of sp³-hybridized carbons (Fsp3) is 0.444. The summed E-state index contributed by atoms with van der Waals surface area (Å²) in [5.41, 5.74) is -1.68. The van der Waals surface area contributed by atoms with Gasteiger partial charge in [-0.25, -0.2) is 9.59 Å². The smallest absolute Gasteiger partial charge is 0.338 e. The van der Waals surface area contributed by atoms with E-state index in [2.05, 4.69) is 0 Å². The summed E-state index contributed by atoms with van der Waals surface area (Å²) in [5.74, 6) is -2.54. The Bertz CT molecular complexity index is 730. The Hall–Kier alpha value is -2.62. The first-order chi connectivity index (χ1) is 12.7. The quantitative estimate of drug-likeness (QED) is 0.265. The zero-order valence-corrected chi connectivity index (χ0v) is 14.6. The van der Waals surface area contributed by atoms with Gasteiger partial charge >= 0.3 is 11.9 Å². The molecule has 2 rings (SSSR count). The summed E-state index contributed by atoms with van der Waals surface area (Å²) in [4.78, 5) is 23.9. The van der Waals surface area contributed by atoms with E-state index in [0.717, 1.165) is 6.08 Å². The van der Waals surface area contributed by atoms with Crippen LogP contribution in [0.5, 0.6) is 11.5 Å². The Morgan fingerprint density at radius 1 is 1.22 bits per heavy atom. The van der Waals surface area contributed by atoms with Crippen LogP contribution in [-0.2, 0) is 19.1 Å². The average Bonchev–Trinajstić information content (AvgIpc) is 2.60. The van der Waals surface area contributed by atoms with Crippen LogP contribution in [0.1, 0.15) is 25.3 Å². The van der Waals surface area contributed by atoms with Crippen molar-refractivity contribution in [2.75, 3.05) is 6.61 Å². The van der Waals surface area contributed by atoms with Gasteiger partial charge in [0.1, 0.15) is 12.2 Å². The van der Waals surface area contributed by atoms with Crippen molar-refractivity contribution in [3.05, 3.63) is 29.8 Å². The van der Waals surface area contributed by atoms with Gasteiger partial charge in [-0.2, -0.15) is 0 Å². The van der Waals surface area contributed by atoms with Crippen LogP contribution in [0.3, 0.4) is 0 Å². The normalized spacial score (nSPS) is 28.1. The van der Waals surface area contributed by atoms with Gasteiger partial charge in [-0.1, -0.05) is 6.07 Å². The van der Waals surface area contributed by atoms with E-state index >= 15 is 0 Å². The number of hydrogen-bond donors (Lipinski definition) is 5. The van der Waals surface area contributed by atoms with Gasteiger partial charge in [0.2, 0.25) is 0 Å². The maximum Gasteiger partial charge on any atom is 0.338 e. The van der Waals surface area contributed by atoms with E-state index in [-0.39, 0.29) is 18.1 Å². The van der Waals surface area contributed by atoms with Gasteiger partial charge < -0.3 is 35.0 Å². The molecule has 1 aliphatic rings. The molecule has 27 heavy (non-hydrogen) atoms. The highest BCUT2D eigenvalue weighted by molar-refractivity contribution is 5.87. The Morgan fingerprint density at radius 2 is 1.93 bits per heavy atom.